The van der Waals surface area contributed by atoms with Crippen LogP contribution in [-0.4, -0.2) is 0 Å². The van der Waals surface area contributed by atoms with E-state index in [0.717, 1.165) is 29.6 Å². The predicted molar refractivity (Wildman–Crippen MR) is 113 cm³/mol. The maximum Gasteiger partial charge on any atom is -0.00445 e. The number of hydrogen-bond donors (Lipinski definition) is 0. The van der Waals surface area contributed by atoms with Crippen LogP contribution >= 0.6 is 0 Å². The van der Waals surface area contributed by atoms with E-state index in [4.69, 9.17) is 0 Å². The van der Waals surface area contributed by atoms with Gasteiger partial charge in [-0.25, -0.2) is 0 Å². The molecule has 0 aromatic heterocycles. The molecule has 0 N–H and O–H groups in total. The average Bonchev–Trinajstić information content (AvgIpc) is 2.96. The molecule has 4 aliphatic rings. The van der Waals surface area contributed by atoms with Crippen LogP contribution in [0, 0.1) is 40.4 Å². The first-order valence-electron chi connectivity index (χ1n) is 11.4. The molecule has 0 saturated heterocycles. The molecule has 0 spiro atoms. The van der Waals surface area contributed by atoms with E-state index < -0.39 is 0 Å². The highest BCUT2D eigenvalue weighted by molar-refractivity contribution is 5.34. The standard InChI is InChI=1S/C26H40/c1-18(2)9-10-19(3)22-13-14-23-21-12-11-20-8-6-7-16-25(20,4)24(21)15-17-26(22,23)5/h6,8,10-11,18,21-24H,7,9,12-17H2,1-5H3/b19-10+. The summed E-state index contributed by atoms with van der Waals surface area (Å²) in [5.74, 6) is 4.46. The van der Waals surface area contributed by atoms with Crippen molar-refractivity contribution in [3.8, 4) is 0 Å². The fraction of sp³-hybridized carbons (Fsp3) is 0.769. The summed E-state index contributed by atoms with van der Waals surface area (Å²) in [4.78, 5) is 0. The minimum Gasteiger partial charge on any atom is -0.0851 e. The maximum absolute atomic E-state index is 2.67. The summed E-state index contributed by atoms with van der Waals surface area (Å²) in [5.41, 5.74) is 4.42. The molecule has 0 aromatic carbocycles. The second-order valence-corrected chi connectivity index (χ2v) is 10.9. The van der Waals surface area contributed by atoms with Crippen LogP contribution in [0.3, 0.4) is 0 Å². The molecule has 0 bridgehead atoms. The van der Waals surface area contributed by atoms with Gasteiger partial charge in [-0.3, -0.25) is 0 Å². The van der Waals surface area contributed by atoms with Crippen molar-refractivity contribution in [2.45, 2.75) is 86.0 Å². The summed E-state index contributed by atoms with van der Waals surface area (Å²) < 4.78 is 0. The van der Waals surface area contributed by atoms with Gasteiger partial charge in [-0.05, 0) is 104 Å². The third kappa shape index (κ3) is 2.78. The van der Waals surface area contributed by atoms with Gasteiger partial charge in [-0.1, -0.05) is 57.6 Å². The Morgan fingerprint density at radius 3 is 2.73 bits per heavy atom. The highest BCUT2D eigenvalue weighted by Crippen LogP contribution is 2.66. The monoisotopic (exact) mass is 352 g/mol. The Kier molecular flexibility index (Phi) is 4.77. The van der Waals surface area contributed by atoms with Gasteiger partial charge in [-0.15, -0.1) is 0 Å². The number of fused-ring (bicyclic) bond motifs is 5. The van der Waals surface area contributed by atoms with Gasteiger partial charge in [0, 0.05) is 0 Å². The highest BCUT2D eigenvalue weighted by Gasteiger charge is 2.57. The van der Waals surface area contributed by atoms with Crippen molar-refractivity contribution in [3.63, 3.8) is 0 Å². The molecular formula is C26H40. The van der Waals surface area contributed by atoms with Crippen molar-refractivity contribution in [1.82, 2.24) is 0 Å². The van der Waals surface area contributed by atoms with Gasteiger partial charge in [0.25, 0.3) is 0 Å². The minimum atomic E-state index is 0.472. The summed E-state index contributed by atoms with van der Waals surface area (Å²) in [6, 6.07) is 0. The summed E-state index contributed by atoms with van der Waals surface area (Å²) in [6.07, 6.45) is 21.2. The van der Waals surface area contributed by atoms with Crippen LogP contribution in [0.25, 0.3) is 0 Å². The van der Waals surface area contributed by atoms with Crippen molar-refractivity contribution < 1.29 is 0 Å². The van der Waals surface area contributed by atoms with Gasteiger partial charge in [-0.2, -0.15) is 0 Å². The molecule has 26 heavy (non-hydrogen) atoms. The van der Waals surface area contributed by atoms with Crippen LogP contribution in [0.1, 0.15) is 86.0 Å². The second-order valence-electron chi connectivity index (χ2n) is 10.9. The predicted octanol–water partition coefficient (Wildman–Crippen LogP) is 7.72. The Morgan fingerprint density at radius 2 is 1.96 bits per heavy atom. The van der Waals surface area contributed by atoms with Crippen LogP contribution in [0.15, 0.2) is 35.5 Å². The van der Waals surface area contributed by atoms with Gasteiger partial charge in [0.1, 0.15) is 0 Å². The molecule has 4 rings (SSSR count). The fourth-order valence-corrected chi connectivity index (χ4v) is 7.61. The van der Waals surface area contributed by atoms with E-state index in [9.17, 15) is 0 Å². The zero-order valence-electron chi connectivity index (χ0n) is 17.9. The number of allylic oxidation sites excluding steroid dienone is 6. The Bertz CT molecular complexity index is 632. The lowest BCUT2D eigenvalue weighted by atomic mass is 9.48. The third-order valence-corrected chi connectivity index (χ3v) is 9.11. The van der Waals surface area contributed by atoms with Crippen LogP contribution in [-0.2, 0) is 0 Å². The van der Waals surface area contributed by atoms with Gasteiger partial charge in [0.2, 0.25) is 0 Å². The third-order valence-electron chi connectivity index (χ3n) is 9.11. The minimum absolute atomic E-state index is 0.472. The van der Waals surface area contributed by atoms with E-state index in [1.165, 1.54) is 51.4 Å². The molecular weight excluding hydrogens is 312 g/mol. The highest BCUT2D eigenvalue weighted by atomic mass is 14.6. The van der Waals surface area contributed by atoms with Crippen molar-refractivity contribution in [2.75, 3.05) is 0 Å². The smallest absolute Gasteiger partial charge is 0.00445 e. The first-order chi connectivity index (χ1) is 12.4. The van der Waals surface area contributed by atoms with Crippen LogP contribution in [0.2, 0.25) is 0 Å². The SMILES string of the molecule is C/C(=C\CC(C)C)C1CCC2C3CC=C4C=CCCC4(C)C3CCC12C. The van der Waals surface area contributed by atoms with Gasteiger partial charge < -0.3 is 0 Å². The lowest BCUT2D eigenvalue weighted by Crippen LogP contribution is -2.49. The summed E-state index contributed by atoms with van der Waals surface area (Å²) in [6.45, 7) is 12.4. The number of rotatable bonds is 3. The quantitative estimate of drug-likeness (QED) is 0.456. The second kappa shape index (κ2) is 6.68. The van der Waals surface area contributed by atoms with Crippen molar-refractivity contribution in [2.24, 2.45) is 40.4 Å². The largest absolute Gasteiger partial charge is 0.0851 e. The van der Waals surface area contributed by atoms with Crippen molar-refractivity contribution in [3.05, 3.63) is 35.5 Å². The van der Waals surface area contributed by atoms with Gasteiger partial charge in [0.15, 0.2) is 0 Å². The Labute approximate surface area is 162 Å². The van der Waals surface area contributed by atoms with Gasteiger partial charge >= 0.3 is 0 Å². The summed E-state index contributed by atoms with van der Waals surface area (Å²) >= 11 is 0. The summed E-state index contributed by atoms with van der Waals surface area (Å²) in [7, 11) is 0. The van der Waals surface area contributed by atoms with E-state index in [-0.39, 0.29) is 0 Å². The van der Waals surface area contributed by atoms with Crippen LogP contribution in [0.5, 0.6) is 0 Å². The topological polar surface area (TPSA) is 0 Å². The van der Waals surface area contributed by atoms with E-state index in [1.807, 2.05) is 0 Å². The average molecular weight is 353 g/mol. The van der Waals surface area contributed by atoms with Crippen molar-refractivity contribution in [1.29, 1.82) is 0 Å². The fourth-order valence-electron chi connectivity index (χ4n) is 7.61. The molecule has 0 nitrogen and oxygen atoms in total. The normalized spacial score (nSPS) is 45.2. The zero-order valence-corrected chi connectivity index (χ0v) is 17.9. The Balaban J connectivity index is 1.60. The van der Waals surface area contributed by atoms with E-state index in [2.05, 4.69) is 58.9 Å². The first kappa shape index (κ1) is 18.6. The zero-order chi connectivity index (χ0) is 18.5. The summed E-state index contributed by atoms with van der Waals surface area (Å²) in [5, 5.41) is 0. The first-order valence-corrected chi connectivity index (χ1v) is 11.4. The molecule has 0 amide bonds. The van der Waals surface area contributed by atoms with Gasteiger partial charge in [0.05, 0.1) is 0 Å². The van der Waals surface area contributed by atoms with E-state index >= 15 is 0 Å². The molecule has 0 heterocycles. The Hall–Kier alpha value is -0.780. The molecule has 4 aliphatic carbocycles. The molecule has 2 saturated carbocycles. The molecule has 2 fully saturated rings. The lowest BCUT2D eigenvalue weighted by Gasteiger charge is -2.57. The molecule has 0 aliphatic heterocycles. The molecule has 6 unspecified atom stereocenters. The van der Waals surface area contributed by atoms with Crippen LogP contribution < -0.4 is 0 Å². The number of hydrogen-bond acceptors (Lipinski definition) is 0. The van der Waals surface area contributed by atoms with Crippen LogP contribution in [0.4, 0.5) is 0 Å². The van der Waals surface area contributed by atoms with Crippen molar-refractivity contribution >= 4 is 0 Å². The molecule has 0 radical (unpaired) electrons. The lowest BCUT2D eigenvalue weighted by molar-refractivity contribution is -0.0300. The molecule has 6 atom stereocenters. The maximum atomic E-state index is 2.67. The van der Waals surface area contributed by atoms with E-state index in [1.54, 1.807) is 11.1 Å². The molecule has 144 valence electrons. The molecule has 0 heteroatoms. The Morgan fingerprint density at radius 1 is 1.15 bits per heavy atom. The molecule has 0 aromatic rings. The van der Waals surface area contributed by atoms with E-state index in [0.29, 0.717) is 10.8 Å².